The quantitative estimate of drug-likeness (QED) is 0.205. The molecule has 1 aliphatic rings. The van der Waals surface area contributed by atoms with Gasteiger partial charge in [0, 0.05) is 24.5 Å². The maximum Gasteiger partial charge on any atom is 0.407 e. The van der Waals surface area contributed by atoms with Crippen LogP contribution in [-0.2, 0) is 4.74 Å². The van der Waals surface area contributed by atoms with E-state index in [0.29, 0.717) is 19.1 Å². The Morgan fingerprint density at radius 1 is 1.24 bits per heavy atom. The third-order valence-corrected chi connectivity index (χ3v) is 5.28. The maximum absolute atomic E-state index is 11.7. The number of ether oxygens (including phenoxy) is 1. The van der Waals surface area contributed by atoms with Crippen LogP contribution in [0.2, 0.25) is 0 Å². The fourth-order valence-electron chi connectivity index (χ4n) is 3.10. The first kappa shape index (κ1) is 26.0. The van der Waals surface area contributed by atoms with Crippen molar-refractivity contribution in [3.05, 3.63) is 22.4 Å². The number of aliphatic imine (C=N–C) groups is 1. The van der Waals surface area contributed by atoms with Crippen LogP contribution in [0.5, 0.6) is 0 Å². The first-order valence-electron chi connectivity index (χ1n) is 10.2. The third-order valence-electron chi connectivity index (χ3n) is 4.31. The molecule has 1 unspecified atom stereocenters. The Morgan fingerprint density at radius 3 is 2.52 bits per heavy atom. The van der Waals surface area contributed by atoms with Gasteiger partial charge in [0.1, 0.15) is 5.60 Å². The van der Waals surface area contributed by atoms with E-state index in [2.05, 4.69) is 38.4 Å². The van der Waals surface area contributed by atoms with Gasteiger partial charge in [-0.15, -0.1) is 35.3 Å². The Hall–Kier alpha value is -1.07. The zero-order valence-corrected chi connectivity index (χ0v) is 21.1. The van der Waals surface area contributed by atoms with Crippen LogP contribution in [0.25, 0.3) is 0 Å². The molecule has 0 spiro atoms. The molecule has 1 aromatic heterocycles. The van der Waals surface area contributed by atoms with Crippen molar-refractivity contribution in [2.24, 2.45) is 4.99 Å². The molecule has 166 valence electrons. The van der Waals surface area contributed by atoms with Gasteiger partial charge in [-0.1, -0.05) is 6.07 Å². The molecule has 3 N–H and O–H groups in total. The van der Waals surface area contributed by atoms with E-state index in [9.17, 15) is 4.79 Å². The molecule has 0 aromatic carbocycles. The molecule has 0 radical (unpaired) electrons. The minimum atomic E-state index is -0.486. The van der Waals surface area contributed by atoms with Gasteiger partial charge in [0.2, 0.25) is 0 Å². The van der Waals surface area contributed by atoms with Gasteiger partial charge < -0.3 is 20.7 Å². The first-order chi connectivity index (χ1) is 13.4. The van der Waals surface area contributed by atoms with Gasteiger partial charge in [-0.05, 0) is 65.1 Å². The Balaban J connectivity index is 0.00000420. The van der Waals surface area contributed by atoms with E-state index in [-0.39, 0.29) is 24.0 Å². The van der Waals surface area contributed by atoms with Crippen LogP contribution >= 0.6 is 35.3 Å². The zero-order chi connectivity index (χ0) is 20.4. The first-order valence-corrected chi connectivity index (χ1v) is 11.0. The SMILES string of the molecule is CCNC(=NCC(c1cccs1)N1CCCC1)NCCNC(=O)OC(C)(C)C.I. The van der Waals surface area contributed by atoms with Crippen LogP contribution in [0.1, 0.15) is 51.5 Å². The number of carbonyl (C=O) groups excluding carboxylic acids is 1. The highest BCUT2D eigenvalue weighted by molar-refractivity contribution is 14.0. The summed E-state index contributed by atoms with van der Waals surface area (Å²) in [5, 5.41) is 11.5. The molecule has 1 atom stereocenters. The predicted octanol–water partition coefficient (Wildman–Crippen LogP) is 3.58. The second kappa shape index (κ2) is 13.3. The Bertz CT molecular complexity index is 613. The van der Waals surface area contributed by atoms with Crippen LogP contribution in [0, 0.1) is 0 Å². The molecular weight excluding hydrogens is 501 g/mol. The summed E-state index contributed by atoms with van der Waals surface area (Å²) < 4.78 is 5.24. The average molecular weight is 538 g/mol. The molecule has 1 saturated heterocycles. The van der Waals surface area contributed by atoms with Gasteiger partial charge in [-0.25, -0.2) is 4.79 Å². The van der Waals surface area contributed by atoms with E-state index in [1.54, 1.807) is 11.3 Å². The van der Waals surface area contributed by atoms with Crippen LogP contribution < -0.4 is 16.0 Å². The minimum Gasteiger partial charge on any atom is -0.444 e. The number of amides is 1. The highest BCUT2D eigenvalue weighted by Crippen LogP contribution is 2.28. The summed E-state index contributed by atoms with van der Waals surface area (Å²) >= 11 is 1.80. The fraction of sp³-hybridized carbons (Fsp3) is 0.700. The minimum absolute atomic E-state index is 0. The number of halogens is 1. The number of alkyl carbamates (subject to hydrolysis) is 1. The van der Waals surface area contributed by atoms with Crippen LogP contribution in [-0.4, -0.2) is 61.8 Å². The monoisotopic (exact) mass is 537 g/mol. The Kier molecular flexibility index (Phi) is 11.9. The lowest BCUT2D eigenvalue weighted by Crippen LogP contribution is -2.43. The third kappa shape index (κ3) is 9.99. The molecule has 0 aliphatic carbocycles. The van der Waals surface area contributed by atoms with Gasteiger partial charge >= 0.3 is 6.09 Å². The molecule has 9 heteroatoms. The lowest BCUT2D eigenvalue weighted by molar-refractivity contribution is 0.0529. The number of carbonyl (C=O) groups is 1. The van der Waals surface area contributed by atoms with Crippen molar-refractivity contribution in [1.82, 2.24) is 20.9 Å². The summed E-state index contributed by atoms with van der Waals surface area (Å²) in [7, 11) is 0. The van der Waals surface area contributed by atoms with Gasteiger partial charge in [-0.3, -0.25) is 9.89 Å². The predicted molar refractivity (Wildman–Crippen MR) is 132 cm³/mol. The highest BCUT2D eigenvalue weighted by Gasteiger charge is 2.24. The Morgan fingerprint density at radius 2 is 1.93 bits per heavy atom. The van der Waals surface area contributed by atoms with Crippen molar-refractivity contribution in [3.8, 4) is 0 Å². The van der Waals surface area contributed by atoms with Crippen molar-refractivity contribution in [1.29, 1.82) is 0 Å². The number of nitrogens with zero attached hydrogens (tertiary/aromatic N) is 2. The lowest BCUT2D eigenvalue weighted by Gasteiger charge is -2.25. The smallest absolute Gasteiger partial charge is 0.407 e. The van der Waals surface area contributed by atoms with Crippen LogP contribution in [0.3, 0.4) is 0 Å². The van der Waals surface area contributed by atoms with Crippen molar-refractivity contribution >= 4 is 47.4 Å². The fourth-order valence-corrected chi connectivity index (χ4v) is 3.95. The van der Waals surface area contributed by atoms with E-state index in [0.717, 1.165) is 32.1 Å². The van der Waals surface area contributed by atoms with Gasteiger partial charge in [0.15, 0.2) is 5.96 Å². The standard InChI is InChI=1S/C20H35N5O2S.HI/c1-5-21-18(22-10-11-23-19(26)27-20(2,3)4)24-15-16(17-9-8-14-28-17)25-12-6-7-13-25;/h8-9,14,16H,5-7,10-13,15H2,1-4H3,(H,23,26)(H2,21,22,24);1H. The van der Waals surface area contributed by atoms with Crippen LogP contribution in [0.4, 0.5) is 4.79 Å². The van der Waals surface area contributed by atoms with Crippen molar-refractivity contribution in [2.75, 3.05) is 39.3 Å². The number of guanidine groups is 1. The molecule has 1 aliphatic heterocycles. The van der Waals surface area contributed by atoms with Crippen LogP contribution in [0.15, 0.2) is 22.5 Å². The van der Waals surface area contributed by atoms with E-state index in [4.69, 9.17) is 9.73 Å². The normalized spacial score (nSPS) is 16.1. The number of likely N-dealkylation sites (tertiary alicyclic amines) is 1. The number of hydrogen-bond acceptors (Lipinski definition) is 5. The average Bonchev–Trinajstić information content (AvgIpc) is 3.31. The summed E-state index contributed by atoms with van der Waals surface area (Å²) in [5.41, 5.74) is -0.486. The summed E-state index contributed by atoms with van der Waals surface area (Å²) in [6.45, 7) is 12.4. The Labute approximate surface area is 196 Å². The summed E-state index contributed by atoms with van der Waals surface area (Å²) in [4.78, 5) is 20.4. The largest absolute Gasteiger partial charge is 0.444 e. The molecule has 1 amide bonds. The molecule has 2 rings (SSSR count). The van der Waals surface area contributed by atoms with Gasteiger partial charge in [0.05, 0.1) is 12.6 Å². The molecule has 2 heterocycles. The van der Waals surface area contributed by atoms with E-state index >= 15 is 0 Å². The summed E-state index contributed by atoms with van der Waals surface area (Å²) in [6.07, 6.45) is 2.13. The van der Waals surface area contributed by atoms with E-state index in [1.807, 2.05) is 27.7 Å². The molecule has 0 saturated carbocycles. The highest BCUT2D eigenvalue weighted by atomic mass is 127. The van der Waals surface area contributed by atoms with Gasteiger partial charge in [-0.2, -0.15) is 0 Å². The topological polar surface area (TPSA) is 78.0 Å². The maximum atomic E-state index is 11.7. The molecule has 1 aromatic rings. The number of rotatable bonds is 8. The number of nitrogens with one attached hydrogen (secondary N) is 3. The molecular formula is C20H36IN5O2S. The van der Waals surface area contributed by atoms with Crippen molar-refractivity contribution < 1.29 is 9.53 Å². The van der Waals surface area contributed by atoms with Gasteiger partial charge in [0.25, 0.3) is 0 Å². The van der Waals surface area contributed by atoms with E-state index < -0.39 is 11.7 Å². The molecule has 29 heavy (non-hydrogen) atoms. The second-order valence-corrected chi connectivity index (χ2v) is 8.83. The number of hydrogen-bond donors (Lipinski definition) is 3. The van der Waals surface area contributed by atoms with Crippen molar-refractivity contribution in [2.45, 2.75) is 52.2 Å². The molecule has 0 bridgehead atoms. The molecule has 1 fully saturated rings. The molecule has 7 nitrogen and oxygen atoms in total. The summed E-state index contributed by atoms with van der Waals surface area (Å²) in [5.74, 6) is 0.772. The zero-order valence-electron chi connectivity index (χ0n) is 18.0. The lowest BCUT2D eigenvalue weighted by atomic mass is 10.2. The second-order valence-electron chi connectivity index (χ2n) is 7.85. The van der Waals surface area contributed by atoms with E-state index in [1.165, 1.54) is 17.7 Å². The van der Waals surface area contributed by atoms with Crippen molar-refractivity contribution in [3.63, 3.8) is 0 Å². The summed E-state index contributed by atoms with van der Waals surface area (Å²) in [6, 6.07) is 4.64. The number of thiophene rings is 1.